The predicted octanol–water partition coefficient (Wildman–Crippen LogP) is 3.62. The first-order chi connectivity index (χ1) is 8.66. The lowest BCUT2D eigenvalue weighted by atomic mass is 10.1. The molecule has 18 heavy (non-hydrogen) atoms. The first-order valence-electron chi connectivity index (χ1n) is 6.20. The summed E-state index contributed by atoms with van der Waals surface area (Å²) in [6.07, 6.45) is 0.677. The van der Waals surface area contributed by atoms with Gasteiger partial charge in [0.25, 0.3) is 0 Å². The maximum Gasteiger partial charge on any atom is 0.126 e. The lowest BCUT2D eigenvalue weighted by Crippen LogP contribution is -2.21. The molecule has 2 nitrogen and oxygen atoms in total. The van der Waals surface area contributed by atoms with Crippen LogP contribution in [0.1, 0.15) is 30.0 Å². The molecule has 96 valence electrons. The van der Waals surface area contributed by atoms with Gasteiger partial charge >= 0.3 is 0 Å². The van der Waals surface area contributed by atoms with Gasteiger partial charge in [0.2, 0.25) is 0 Å². The smallest absolute Gasteiger partial charge is 0.126 e. The van der Waals surface area contributed by atoms with E-state index in [1.165, 1.54) is 6.07 Å². The fourth-order valence-electron chi connectivity index (χ4n) is 1.91. The first kappa shape index (κ1) is 12.8. The minimum Gasteiger partial charge on any atom is -0.465 e. The molecule has 0 saturated carbocycles. The van der Waals surface area contributed by atoms with Crippen molar-refractivity contribution in [1.29, 1.82) is 0 Å². The summed E-state index contributed by atoms with van der Waals surface area (Å²) >= 11 is 0. The minimum absolute atomic E-state index is 0.138. The highest BCUT2D eigenvalue weighted by Crippen LogP contribution is 2.15. The minimum atomic E-state index is -0.138. The Morgan fingerprint density at radius 1 is 1.22 bits per heavy atom. The molecular formula is C15H18FNO. The fraction of sp³-hybridized carbons (Fsp3) is 0.333. The Kier molecular flexibility index (Phi) is 4.15. The highest BCUT2D eigenvalue weighted by atomic mass is 19.1. The van der Waals surface area contributed by atoms with Gasteiger partial charge in [-0.05, 0) is 50.6 Å². The maximum absolute atomic E-state index is 13.4. The van der Waals surface area contributed by atoms with Gasteiger partial charge in [0.15, 0.2) is 0 Å². The van der Waals surface area contributed by atoms with Gasteiger partial charge in [-0.1, -0.05) is 18.2 Å². The molecule has 3 heteroatoms. The van der Waals surface area contributed by atoms with E-state index in [4.69, 9.17) is 4.42 Å². The van der Waals surface area contributed by atoms with E-state index in [2.05, 4.69) is 5.32 Å². The van der Waals surface area contributed by atoms with E-state index < -0.39 is 0 Å². The molecule has 1 heterocycles. The Morgan fingerprint density at radius 3 is 2.67 bits per heavy atom. The van der Waals surface area contributed by atoms with E-state index >= 15 is 0 Å². The largest absolute Gasteiger partial charge is 0.465 e. The Labute approximate surface area is 107 Å². The van der Waals surface area contributed by atoms with Crippen LogP contribution in [0, 0.1) is 12.7 Å². The van der Waals surface area contributed by atoms with Crippen molar-refractivity contribution in [2.24, 2.45) is 0 Å². The second-order valence-electron chi connectivity index (χ2n) is 4.47. The topological polar surface area (TPSA) is 25.2 Å². The zero-order valence-electron chi connectivity index (χ0n) is 10.7. The third kappa shape index (κ3) is 3.20. The van der Waals surface area contributed by atoms with Crippen LogP contribution >= 0.6 is 0 Å². The van der Waals surface area contributed by atoms with Crippen LogP contribution in [-0.4, -0.2) is 6.54 Å². The molecule has 0 aliphatic carbocycles. The number of furan rings is 1. The van der Waals surface area contributed by atoms with Gasteiger partial charge in [-0.2, -0.15) is 0 Å². The van der Waals surface area contributed by atoms with Crippen LogP contribution in [0.5, 0.6) is 0 Å². The summed E-state index contributed by atoms with van der Waals surface area (Å²) in [5.74, 6) is 1.69. The van der Waals surface area contributed by atoms with E-state index in [-0.39, 0.29) is 11.9 Å². The van der Waals surface area contributed by atoms with Crippen molar-refractivity contribution in [2.45, 2.75) is 26.3 Å². The summed E-state index contributed by atoms with van der Waals surface area (Å²) in [4.78, 5) is 0. The van der Waals surface area contributed by atoms with E-state index in [1.807, 2.05) is 38.1 Å². The second kappa shape index (κ2) is 5.83. The molecule has 1 aromatic heterocycles. The highest BCUT2D eigenvalue weighted by molar-refractivity contribution is 5.17. The van der Waals surface area contributed by atoms with Crippen molar-refractivity contribution in [3.8, 4) is 0 Å². The Bertz CT molecular complexity index is 507. The molecule has 0 aliphatic heterocycles. The lowest BCUT2D eigenvalue weighted by molar-refractivity contribution is 0.417. The van der Waals surface area contributed by atoms with Crippen molar-refractivity contribution in [3.63, 3.8) is 0 Å². The van der Waals surface area contributed by atoms with Crippen LogP contribution in [0.3, 0.4) is 0 Å². The normalized spacial score (nSPS) is 12.6. The summed E-state index contributed by atoms with van der Waals surface area (Å²) in [7, 11) is 0. The molecule has 1 N–H and O–H groups in total. The second-order valence-corrected chi connectivity index (χ2v) is 4.47. The molecule has 1 unspecified atom stereocenters. The van der Waals surface area contributed by atoms with Crippen molar-refractivity contribution in [1.82, 2.24) is 5.32 Å². The molecule has 0 radical (unpaired) electrons. The van der Waals surface area contributed by atoms with Crippen LogP contribution in [0.4, 0.5) is 4.39 Å². The molecule has 0 amide bonds. The van der Waals surface area contributed by atoms with E-state index in [0.717, 1.165) is 23.6 Å². The van der Waals surface area contributed by atoms with Gasteiger partial charge < -0.3 is 9.73 Å². The van der Waals surface area contributed by atoms with Gasteiger partial charge in [0.05, 0.1) is 6.04 Å². The summed E-state index contributed by atoms with van der Waals surface area (Å²) in [5, 5.41) is 3.33. The summed E-state index contributed by atoms with van der Waals surface area (Å²) in [5.41, 5.74) is 0.743. The zero-order chi connectivity index (χ0) is 13.0. The maximum atomic E-state index is 13.4. The van der Waals surface area contributed by atoms with Crippen molar-refractivity contribution in [3.05, 3.63) is 59.3 Å². The van der Waals surface area contributed by atoms with Gasteiger partial charge in [-0.3, -0.25) is 0 Å². The molecule has 0 fully saturated rings. The first-order valence-corrected chi connectivity index (χ1v) is 6.20. The van der Waals surface area contributed by atoms with Gasteiger partial charge in [-0.15, -0.1) is 0 Å². The number of nitrogens with one attached hydrogen (secondary N) is 1. The van der Waals surface area contributed by atoms with E-state index in [9.17, 15) is 4.39 Å². The van der Waals surface area contributed by atoms with Gasteiger partial charge in [0, 0.05) is 0 Å². The average Bonchev–Trinajstić information content (AvgIpc) is 2.78. The predicted molar refractivity (Wildman–Crippen MR) is 70.0 cm³/mol. The summed E-state index contributed by atoms with van der Waals surface area (Å²) < 4.78 is 18.9. The Morgan fingerprint density at radius 2 is 2.00 bits per heavy atom. The van der Waals surface area contributed by atoms with Crippen LogP contribution < -0.4 is 5.32 Å². The van der Waals surface area contributed by atoms with E-state index in [0.29, 0.717) is 6.42 Å². The monoisotopic (exact) mass is 247 g/mol. The van der Waals surface area contributed by atoms with Gasteiger partial charge in [-0.25, -0.2) is 4.39 Å². The molecule has 2 rings (SSSR count). The van der Waals surface area contributed by atoms with Crippen LogP contribution in [0.25, 0.3) is 0 Å². The Hall–Kier alpha value is -1.61. The van der Waals surface area contributed by atoms with Crippen molar-refractivity contribution in [2.75, 3.05) is 6.54 Å². The molecule has 2 aromatic rings. The SMILES string of the molecule is Cc1ccc(C(C)NCCc2ccccc2F)o1. The standard InChI is InChI=1S/C15H18FNO/c1-11-7-8-15(18-11)12(2)17-10-9-13-5-3-4-6-14(13)16/h3-8,12,17H,9-10H2,1-2H3. The van der Waals surface area contributed by atoms with Gasteiger partial charge in [0.1, 0.15) is 17.3 Å². The lowest BCUT2D eigenvalue weighted by Gasteiger charge is -2.11. The number of aryl methyl sites for hydroxylation is 1. The van der Waals surface area contributed by atoms with Crippen LogP contribution in [0.15, 0.2) is 40.8 Å². The average molecular weight is 247 g/mol. The number of hydrogen-bond donors (Lipinski definition) is 1. The van der Waals surface area contributed by atoms with Crippen LogP contribution in [0.2, 0.25) is 0 Å². The molecule has 0 spiro atoms. The molecular weight excluding hydrogens is 229 g/mol. The molecule has 1 aromatic carbocycles. The number of rotatable bonds is 5. The summed E-state index contributed by atoms with van der Waals surface area (Å²) in [6, 6.07) is 10.9. The molecule has 0 aliphatic rings. The summed E-state index contributed by atoms with van der Waals surface area (Å²) in [6.45, 7) is 4.69. The van der Waals surface area contributed by atoms with Crippen molar-refractivity contribution < 1.29 is 8.81 Å². The molecule has 1 atom stereocenters. The number of hydrogen-bond acceptors (Lipinski definition) is 2. The fourth-order valence-corrected chi connectivity index (χ4v) is 1.91. The molecule has 0 bridgehead atoms. The molecule has 0 saturated heterocycles. The third-order valence-electron chi connectivity index (χ3n) is 2.99. The van der Waals surface area contributed by atoms with E-state index in [1.54, 1.807) is 6.07 Å². The van der Waals surface area contributed by atoms with Crippen molar-refractivity contribution >= 4 is 0 Å². The Balaban J connectivity index is 1.84. The highest BCUT2D eigenvalue weighted by Gasteiger charge is 2.08. The van der Waals surface area contributed by atoms with Crippen LogP contribution in [-0.2, 0) is 6.42 Å². The zero-order valence-corrected chi connectivity index (χ0v) is 10.7. The third-order valence-corrected chi connectivity index (χ3v) is 2.99. The number of halogens is 1. The quantitative estimate of drug-likeness (QED) is 0.873. The number of benzene rings is 1.